The number of carbonyl (C=O) groups excluding carboxylic acids is 2. The van der Waals surface area contributed by atoms with Gasteiger partial charge in [0.25, 0.3) is 0 Å². The maximum atomic E-state index is 14.5. The summed E-state index contributed by atoms with van der Waals surface area (Å²) in [5, 5.41) is 7.10. The number of benzene rings is 1. The van der Waals surface area contributed by atoms with Gasteiger partial charge in [-0.25, -0.2) is 23.5 Å². The first-order chi connectivity index (χ1) is 17.1. The molecule has 9 nitrogen and oxygen atoms in total. The molecule has 3 aromatic rings. The quantitative estimate of drug-likeness (QED) is 0.415. The average molecular weight is 508 g/mol. The number of carbonyl (C=O) groups is 2. The van der Waals surface area contributed by atoms with E-state index in [9.17, 15) is 31.5 Å². The second-order valence-electron chi connectivity index (χ2n) is 7.79. The van der Waals surface area contributed by atoms with Crippen LogP contribution in [0.5, 0.6) is 5.75 Å². The van der Waals surface area contributed by atoms with Crippen molar-refractivity contribution in [3.8, 4) is 5.75 Å². The molecule has 0 atom stereocenters. The van der Waals surface area contributed by atoms with Gasteiger partial charge in [-0.3, -0.25) is 9.78 Å². The SMILES string of the molecule is O=C(NC1(C(=O)NCc2ncc(Nc3c(F)cccc3C(F)(F)F)cc2F)CC1)Oc1cncnc1. The lowest BCUT2D eigenvalue weighted by Gasteiger charge is -2.17. The Hall–Kier alpha value is -4.36. The number of ether oxygens (including phenoxy) is 1. The summed E-state index contributed by atoms with van der Waals surface area (Å²) in [6.45, 7) is -0.372. The van der Waals surface area contributed by atoms with Crippen LogP contribution < -0.4 is 20.7 Å². The van der Waals surface area contributed by atoms with Gasteiger partial charge in [0.1, 0.15) is 23.5 Å². The number of hydrogen-bond donors (Lipinski definition) is 3. The monoisotopic (exact) mass is 508 g/mol. The molecule has 4 rings (SSSR count). The normalized spacial score (nSPS) is 14.0. The fourth-order valence-electron chi connectivity index (χ4n) is 3.23. The number of aromatic nitrogens is 3. The van der Waals surface area contributed by atoms with Gasteiger partial charge in [0.05, 0.1) is 47.8 Å². The van der Waals surface area contributed by atoms with Crippen LogP contribution in [-0.4, -0.2) is 32.5 Å². The van der Waals surface area contributed by atoms with E-state index in [1.165, 1.54) is 18.7 Å². The molecule has 0 saturated heterocycles. The molecule has 1 saturated carbocycles. The average Bonchev–Trinajstić information content (AvgIpc) is 3.60. The summed E-state index contributed by atoms with van der Waals surface area (Å²) < 4.78 is 73.0. The molecule has 2 aromatic heterocycles. The summed E-state index contributed by atoms with van der Waals surface area (Å²) in [4.78, 5) is 35.8. The van der Waals surface area contributed by atoms with Gasteiger partial charge in [0.15, 0.2) is 5.75 Å². The predicted molar refractivity (Wildman–Crippen MR) is 114 cm³/mol. The van der Waals surface area contributed by atoms with Crippen LogP contribution in [0.2, 0.25) is 0 Å². The fourth-order valence-corrected chi connectivity index (χ4v) is 3.23. The smallest absolute Gasteiger partial charge is 0.407 e. The molecule has 0 spiro atoms. The fraction of sp³-hybridized carbons (Fsp3) is 0.227. The number of nitrogens with zero attached hydrogens (tertiary/aromatic N) is 3. The molecule has 14 heteroatoms. The van der Waals surface area contributed by atoms with E-state index in [-0.39, 0.29) is 23.7 Å². The van der Waals surface area contributed by atoms with E-state index in [2.05, 4.69) is 30.9 Å². The van der Waals surface area contributed by atoms with Gasteiger partial charge >= 0.3 is 12.3 Å². The zero-order valence-electron chi connectivity index (χ0n) is 18.2. The Labute approximate surface area is 200 Å². The van der Waals surface area contributed by atoms with E-state index >= 15 is 0 Å². The number of anilines is 2. The lowest BCUT2D eigenvalue weighted by Crippen LogP contribution is -2.49. The highest BCUT2D eigenvalue weighted by atomic mass is 19.4. The van der Waals surface area contributed by atoms with Crippen molar-refractivity contribution < 1.29 is 36.3 Å². The number of rotatable bonds is 7. The van der Waals surface area contributed by atoms with Gasteiger partial charge in [-0.2, -0.15) is 13.2 Å². The Morgan fingerprint density at radius 2 is 1.78 bits per heavy atom. The van der Waals surface area contributed by atoms with Crippen LogP contribution in [0.4, 0.5) is 38.1 Å². The molecule has 188 valence electrons. The van der Waals surface area contributed by atoms with E-state index in [1.807, 2.05) is 0 Å². The summed E-state index contributed by atoms with van der Waals surface area (Å²) in [5.74, 6) is -2.66. The highest BCUT2D eigenvalue weighted by Gasteiger charge is 2.51. The highest BCUT2D eigenvalue weighted by molar-refractivity contribution is 5.93. The number of para-hydroxylation sites is 1. The van der Waals surface area contributed by atoms with Gasteiger partial charge in [-0.05, 0) is 25.0 Å². The second-order valence-corrected chi connectivity index (χ2v) is 7.79. The lowest BCUT2D eigenvalue weighted by molar-refractivity contribution is -0.137. The molecule has 3 N–H and O–H groups in total. The van der Waals surface area contributed by atoms with E-state index in [0.29, 0.717) is 18.9 Å². The standard InChI is InChI=1S/C22H17F5N6O3/c23-15-3-1-2-14(22(25,26)27)18(15)32-12-6-16(24)17(30-7-12)10-31-19(34)21(4-5-21)33-20(35)36-13-8-28-11-29-9-13/h1-3,6-9,11,32H,4-5,10H2,(H,31,34)(H,33,35). The summed E-state index contributed by atoms with van der Waals surface area (Å²) in [6, 6.07) is 3.25. The molecule has 36 heavy (non-hydrogen) atoms. The highest BCUT2D eigenvalue weighted by Crippen LogP contribution is 2.38. The van der Waals surface area contributed by atoms with E-state index in [4.69, 9.17) is 4.74 Å². The Balaban J connectivity index is 1.37. The minimum absolute atomic E-state index is 0.0731. The van der Waals surface area contributed by atoms with Crippen molar-refractivity contribution in [1.29, 1.82) is 0 Å². The molecule has 2 heterocycles. The van der Waals surface area contributed by atoms with Crippen molar-refractivity contribution in [2.24, 2.45) is 0 Å². The molecule has 1 aromatic carbocycles. The van der Waals surface area contributed by atoms with Gasteiger partial charge in [0, 0.05) is 6.07 Å². The van der Waals surface area contributed by atoms with Crippen molar-refractivity contribution in [3.63, 3.8) is 0 Å². The number of halogens is 5. The van der Waals surface area contributed by atoms with E-state index in [0.717, 1.165) is 24.4 Å². The molecule has 2 amide bonds. The van der Waals surface area contributed by atoms with Gasteiger partial charge in [-0.1, -0.05) is 6.07 Å². The maximum absolute atomic E-state index is 14.5. The minimum atomic E-state index is -4.84. The molecule has 1 aliphatic carbocycles. The first-order valence-corrected chi connectivity index (χ1v) is 10.4. The zero-order chi connectivity index (χ0) is 25.9. The third-order valence-corrected chi connectivity index (χ3v) is 5.20. The van der Waals surface area contributed by atoms with E-state index in [1.54, 1.807) is 0 Å². The Morgan fingerprint density at radius 1 is 1.06 bits per heavy atom. The maximum Gasteiger partial charge on any atom is 0.418 e. The van der Waals surface area contributed by atoms with Crippen LogP contribution in [0.15, 0.2) is 49.2 Å². The van der Waals surface area contributed by atoms with Gasteiger partial charge in [0.2, 0.25) is 5.91 Å². The Bertz CT molecular complexity index is 1280. The molecular formula is C22H17F5N6O3. The van der Waals surface area contributed by atoms with Crippen LogP contribution in [0.25, 0.3) is 0 Å². The molecule has 1 fully saturated rings. The van der Waals surface area contributed by atoms with Crippen LogP contribution in [0.1, 0.15) is 24.1 Å². The first-order valence-electron chi connectivity index (χ1n) is 10.4. The Kier molecular flexibility index (Phi) is 6.68. The molecule has 1 aliphatic rings. The third kappa shape index (κ3) is 5.64. The van der Waals surface area contributed by atoms with Gasteiger partial charge < -0.3 is 20.7 Å². The first kappa shape index (κ1) is 24.8. The second kappa shape index (κ2) is 9.71. The summed E-state index contributed by atoms with van der Waals surface area (Å²) in [7, 11) is 0. The van der Waals surface area contributed by atoms with Gasteiger partial charge in [-0.15, -0.1) is 0 Å². The van der Waals surface area contributed by atoms with Crippen LogP contribution in [0.3, 0.4) is 0 Å². The topological polar surface area (TPSA) is 118 Å². The van der Waals surface area contributed by atoms with E-state index < -0.39 is 46.6 Å². The number of alkyl halides is 3. The summed E-state index contributed by atoms with van der Waals surface area (Å²) in [6.07, 6.45) is -0.329. The lowest BCUT2D eigenvalue weighted by atomic mass is 10.1. The van der Waals surface area contributed by atoms with Crippen molar-refractivity contribution in [2.45, 2.75) is 31.1 Å². The summed E-state index contributed by atoms with van der Waals surface area (Å²) >= 11 is 0. The molecule has 0 bridgehead atoms. The molecule has 0 aliphatic heterocycles. The van der Waals surface area contributed by atoms with Crippen molar-refractivity contribution in [1.82, 2.24) is 25.6 Å². The molecule has 0 radical (unpaired) electrons. The zero-order valence-corrected chi connectivity index (χ0v) is 18.2. The van der Waals surface area contributed by atoms with Crippen LogP contribution in [0, 0.1) is 11.6 Å². The van der Waals surface area contributed by atoms with Crippen molar-refractivity contribution >= 4 is 23.4 Å². The van der Waals surface area contributed by atoms with Crippen molar-refractivity contribution in [3.05, 3.63) is 72.1 Å². The number of hydrogen-bond acceptors (Lipinski definition) is 7. The van der Waals surface area contributed by atoms with Crippen molar-refractivity contribution in [2.75, 3.05) is 5.32 Å². The van der Waals surface area contributed by atoms with Crippen LogP contribution >= 0.6 is 0 Å². The predicted octanol–water partition coefficient (Wildman–Crippen LogP) is 3.85. The number of nitrogens with one attached hydrogen (secondary N) is 3. The summed E-state index contributed by atoms with van der Waals surface area (Å²) in [5.41, 5.74) is -3.82. The van der Waals surface area contributed by atoms with Crippen LogP contribution in [-0.2, 0) is 17.5 Å². The third-order valence-electron chi connectivity index (χ3n) is 5.20. The number of pyridine rings is 1. The minimum Gasteiger partial charge on any atom is -0.407 e. The molecule has 0 unspecified atom stereocenters. The largest absolute Gasteiger partial charge is 0.418 e. The Morgan fingerprint density at radius 3 is 2.42 bits per heavy atom. The number of amides is 2. The molecular weight excluding hydrogens is 491 g/mol.